The van der Waals surface area contributed by atoms with Gasteiger partial charge in [-0.25, -0.2) is 9.67 Å². The van der Waals surface area contributed by atoms with Gasteiger partial charge in [-0.1, -0.05) is 13.8 Å². The number of anilines is 1. The number of halogens is 1. The van der Waals surface area contributed by atoms with Gasteiger partial charge in [0.2, 0.25) is 5.95 Å². The molecule has 5 nitrogen and oxygen atoms in total. The van der Waals surface area contributed by atoms with Crippen LogP contribution >= 0.6 is 33.9 Å². The Balaban J connectivity index is 2.16. The summed E-state index contributed by atoms with van der Waals surface area (Å²) in [6.45, 7) is 5.15. The predicted molar refractivity (Wildman–Crippen MR) is 95.4 cm³/mol. The monoisotopic (exact) mass is 413 g/mol. The summed E-state index contributed by atoms with van der Waals surface area (Å²) in [5, 5.41) is 8.73. The molecule has 3 heterocycles. The van der Waals surface area contributed by atoms with E-state index in [-0.39, 0.29) is 0 Å². The Labute approximate surface area is 140 Å². The van der Waals surface area contributed by atoms with Crippen molar-refractivity contribution < 1.29 is 0 Å². The van der Waals surface area contributed by atoms with Crippen LogP contribution in [-0.2, 0) is 6.42 Å². The highest BCUT2D eigenvalue weighted by Crippen LogP contribution is 2.29. The number of aryl methyl sites for hydroxylation is 1. The van der Waals surface area contributed by atoms with Gasteiger partial charge in [0.05, 0.1) is 15.2 Å². The second kappa shape index (κ2) is 6.27. The second-order valence-electron chi connectivity index (χ2n) is 4.69. The minimum atomic E-state index is 0.675. The third-order valence-corrected chi connectivity index (χ3v) is 4.80. The van der Waals surface area contributed by atoms with Crippen LogP contribution < -0.4 is 5.32 Å². The summed E-state index contributed by atoms with van der Waals surface area (Å²) in [4.78, 5) is 11.6. The van der Waals surface area contributed by atoms with Gasteiger partial charge < -0.3 is 5.32 Å². The summed E-state index contributed by atoms with van der Waals surface area (Å²) in [5.74, 6) is 1.52. The van der Waals surface area contributed by atoms with E-state index in [1.54, 1.807) is 11.3 Å². The first kappa shape index (κ1) is 14.7. The molecule has 0 aliphatic carbocycles. The van der Waals surface area contributed by atoms with Gasteiger partial charge in [-0.2, -0.15) is 10.1 Å². The Hall–Kier alpha value is -1.22. The van der Waals surface area contributed by atoms with Crippen molar-refractivity contribution in [3.63, 3.8) is 0 Å². The molecule has 3 rings (SSSR count). The first-order valence-electron chi connectivity index (χ1n) is 6.96. The number of rotatable bonds is 5. The van der Waals surface area contributed by atoms with Crippen molar-refractivity contribution in [2.24, 2.45) is 0 Å². The summed E-state index contributed by atoms with van der Waals surface area (Å²) in [7, 11) is 0. The number of thiophene rings is 1. The van der Waals surface area contributed by atoms with E-state index >= 15 is 0 Å². The number of hydrogen-bond donors (Lipinski definition) is 1. The van der Waals surface area contributed by atoms with Gasteiger partial charge in [0.1, 0.15) is 4.83 Å². The van der Waals surface area contributed by atoms with Crippen LogP contribution in [0.4, 0.5) is 5.95 Å². The summed E-state index contributed by atoms with van der Waals surface area (Å²) in [5.41, 5.74) is 0. The highest BCUT2D eigenvalue weighted by molar-refractivity contribution is 14.1. The Morgan fingerprint density at radius 3 is 2.86 bits per heavy atom. The normalized spacial score (nSPS) is 11.2. The molecule has 0 saturated heterocycles. The van der Waals surface area contributed by atoms with Crippen LogP contribution in [0.1, 0.15) is 25.1 Å². The van der Waals surface area contributed by atoms with Crippen LogP contribution in [-0.4, -0.2) is 26.3 Å². The van der Waals surface area contributed by atoms with E-state index in [1.165, 1.54) is 4.88 Å². The van der Waals surface area contributed by atoms with Crippen molar-refractivity contribution in [3.05, 3.63) is 26.9 Å². The van der Waals surface area contributed by atoms with E-state index in [0.29, 0.717) is 5.95 Å². The third kappa shape index (κ3) is 3.03. The molecule has 0 bridgehead atoms. The van der Waals surface area contributed by atoms with Crippen molar-refractivity contribution in [2.45, 2.75) is 26.7 Å². The molecule has 0 unspecified atom stereocenters. The summed E-state index contributed by atoms with van der Waals surface area (Å²) >= 11 is 3.98. The number of hydrogen-bond acceptors (Lipinski definition) is 5. The molecule has 0 aliphatic rings. The molecule has 0 aliphatic heterocycles. The van der Waals surface area contributed by atoms with E-state index in [4.69, 9.17) is 0 Å². The number of nitrogens with zero attached hydrogens (tertiary/aromatic N) is 4. The topological polar surface area (TPSA) is 55.6 Å². The van der Waals surface area contributed by atoms with Crippen LogP contribution in [0.15, 0.2) is 18.5 Å². The quantitative estimate of drug-likeness (QED) is 0.646. The average molecular weight is 413 g/mol. The fourth-order valence-electron chi connectivity index (χ4n) is 2.04. The fraction of sp³-hybridized carbons (Fsp3) is 0.357. The number of aromatic nitrogens is 4. The predicted octanol–water partition coefficient (Wildman–Crippen LogP) is 3.87. The van der Waals surface area contributed by atoms with Gasteiger partial charge in [-0.15, -0.1) is 11.3 Å². The summed E-state index contributed by atoms with van der Waals surface area (Å²) in [6, 6.07) is 2.17. The van der Waals surface area contributed by atoms with Gasteiger partial charge in [-0.05, 0) is 41.5 Å². The fourth-order valence-corrected chi connectivity index (χ4v) is 3.39. The van der Waals surface area contributed by atoms with Gasteiger partial charge >= 0.3 is 0 Å². The molecule has 3 aromatic rings. The van der Waals surface area contributed by atoms with Crippen molar-refractivity contribution in [2.75, 3.05) is 11.9 Å². The van der Waals surface area contributed by atoms with Crippen LogP contribution in [0.2, 0.25) is 0 Å². The minimum Gasteiger partial charge on any atom is -0.354 e. The Morgan fingerprint density at radius 2 is 2.19 bits per heavy atom. The van der Waals surface area contributed by atoms with Crippen molar-refractivity contribution in [3.8, 4) is 5.82 Å². The maximum atomic E-state index is 4.65. The molecule has 0 amide bonds. The zero-order valence-corrected chi connectivity index (χ0v) is 14.9. The van der Waals surface area contributed by atoms with E-state index in [9.17, 15) is 0 Å². The van der Waals surface area contributed by atoms with E-state index in [2.05, 4.69) is 62.9 Å². The molecule has 0 aromatic carbocycles. The maximum Gasteiger partial charge on any atom is 0.226 e. The SMILES string of the molecule is CCCNc1nc(-n2cc(I)cn2)c2cc(CC)sc2n1. The Bertz CT molecular complexity index is 764. The van der Waals surface area contributed by atoms with Crippen molar-refractivity contribution >= 4 is 50.1 Å². The standard InChI is InChI=1S/C14H16IN5S/c1-3-5-16-14-18-12(20-8-9(15)7-17-20)11-6-10(4-2)21-13(11)19-14/h6-8H,3-5H2,1-2H3,(H,16,18,19). The lowest BCUT2D eigenvalue weighted by atomic mass is 10.3. The first-order chi connectivity index (χ1) is 10.2. The maximum absolute atomic E-state index is 4.65. The lowest BCUT2D eigenvalue weighted by molar-refractivity contribution is 0.848. The molecule has 7 heteroatoms. The highest BCUT2D eigenvalue weighted by atomic mass is 127. The summed E-state index contributed by atoms with van der Waals surface area (Å²) < 4.78 is 2.92. The second-order valence-corrected chi connectivity index (χ2v) is 7.05. The Morgan fingerprint density at radius 1 is 1.33 bits per heavy atom. The molecule has 0 radical (unpaired) electrons. The number of nitrogens with one attached hydrogen (secondary N) is 1. The Kier molecular flexibility index (Phi) is 4.39. The summed E-state index contributed by atoms with van der Waals surface area (Å²) in [6.07, 6.45) is 5.87. The minimum absolute atomic E-state index is 0.675. The molecule has 0 fully saturated rings. The van der Waals surface area contributed by atoms with Crippen LogP contribution in [0.3, 0.4) is 0 Å². The van der Waals surface area contributed by atoms with Crippen LogP contribution in [0.5, 0.6) is 0 Å². The largest absolute Gasteiger partial charge is 0.354 e. The molecule has 0 atom stereocenters. The van der Waals surface area contributed by atoms with Gasteiger partial charge in [0.15, 0.2) is 5.82 Å². The van der Waals surface area contributed by atoms with Crippen molar-refractivity contribution in [1.29, 1.82) is 0 Å². The molecular formula is C14H16IN5S. The van der Waals surface area contributed by atoms with Gasteiger partial charge in [0.25, 0.3) is 0 Å². The lowest BCUT2D eigenvalue weighted by Crippen LogP contribution is -2.07. The average Bonchev–Trinajstić information content (AvgIpc) is 3.09. The molecule has 21 heavy (non-hydrogen) atoms. The van der Waals surface area contributed by atoms with E-state index < -0.39 is 0 Å². The van der Waals surface area contributed by atoms with Crippen LogP contribution in [0.25, 0.3) is 16.0 Å². The van der Waals surface area contributed by atoms with Crippen molar-refractivity contribution in [1.82, 2.24) is 19.7 Å². The van der Waals surface area contributed by atoms with Crippen LogP contribution in [0, 0.1) is 3.57 Å². The van der Waals surface area contributed by atoms with E-state index in [0.717, 1.165) is 39.0 Å². The molecule has 0 saturated carbocycles. The number of fused-ring (bicyclic) bond motifs is 1. The molecule has 3 aromatic heterocycles. The van der Waals surface area contributed by atoms with Gasteiger partial charge in [-0.3, -0.25) is 0 Å². The molecule has 1 N–H and O–H groups in total. The first-order valence-corrected chi connectivity index (χ1v) is 8.85. The molecule has 110 valence electrons. The van der Waals surface area contributed by atoms with E-state index in [1.807, 2.05) is 17.1 Å². The third-order valence-electron chi connectivity index (χ3n) is 3.07. The van der Waals surface area contributed by atoms with Gasteiger partial charge in [0, 0.05) is 17.6 Å². The molecular weight excluding hydrogens is 397 g/mol. The zero-order valence-electron chi connectivity index (χ0n) is 11.9. The zero-order chi connectivity index (χ0) is 14.8. The molecule has 0 spiro atoms. The highest BCUT2D eigenvalue weighted by Gasteiger charge is 2.13. The smallest absolute Gasteiger partial charge is 0.226 e. The lowest BCUT2D eigenvalue weighted by Gasteiger charge is -2.07.